The van der Waals surface area contributed by atoms with E-state index in [1.807, 2.05) is 18.2 Å². The topological polar surface area (TPSA) is 76.7 Å². The van der Waals surface area contributed by atoms with Crippen molar-refractivity contribution in [1.29, 1.82) is 0 Å². The van der Waals surface area contributed by atoms with Crippen LogP contribution in [0.2, 0.25) is 0 Å². The van der Waals surface area contributed by atoms with Crippen LogP contribution in [0.5, 0.6) is 5.75 Å². The molecule has 1 aromatic carbocycles. The largest absolute Gasteiger partial charge is 0.497 e. The summed E-state index contributed by atoms with van der Waals surface area (Å²) >= 11 is 0. The molecule has 0 unspecified atom stereocenters. The van der Waals surface area contributed by atoms with Crippen molar-refractivity contribution in [2.75, 3.05) is 7.11 Å². The Morgan fingerprint density at radius 2 is 2.21 bits per heavy atom. The number of carbonyl (C=O) groups excluding carboxylic acids is 1. The van der Waals surface area contributed by atoms with Crippen LogP contribution in [-0.2, 0) is 5.41 Å². The highest BCUT2D eigenvalue weighted by atomic mass is 16.5. The number of urea groups is 1. The number of rotatable bonds is 2. The van der Waals surface area contributed by atoms with E-state index < -0.39 is 6.03 Å². The van der Waals surface area contributed by atoms with Crippen molar-refractivity contribution in [2.45, 2.75) is 32.1 Å². The molecule has 0 heterocycles. The van der Waals surface area contributed by atoms with Gasteiger partial charge in [0, 0.05) is 5.56 Å². The van der Waals surface area contributed by atoms with Gasteiger partial charge in [-0.1, -0.05) is 13.8 Å². The first-order chi connectivity index (χ1) is 8.94. The Morgan fingerprint density at radius 1 is 1.47 bits per heavy atom. The lowest BCUT2D eigenvalue weighted by Gasteiger charge is -2.33. The number of amides is 2. The zero-order valence-electron chi connectivity index (χ0n) is 11.5. The first-order valence-electron chi connectivity index (χ1n) is 6.25. The van der Waals surface area contributed by atoms with Crippen molar-refractivity contribution in [3.8, 4) is 5.75 Å². The van der Waals surface area contributed by atoms with Crippen molar-refractivity contribution in [3.05, 3.63) is 29.3 Å². The highest BCUT2D eigenvalue weighted by Gasteiger charge is 2.31. The number of carbonyl (C=O) groups is 1. The maximum atomic E-state index is 10.8. The van der Waals surface area contributed by atoms with Crippen LogP contribution in [0.1, 0.15) is 37.8 Å². The van der Waals surface area contributed by atoms with Crippen LogP contribution in [0.25, 0.3) is 0 Å². The normalized spacial score (nSPS) is 18.8. The molecule has 1 aliphatic rings. The van der Waals surface area contributed by atoms with Crippen LogP contribution in [0.15, 0.2) is 23.3 Å². The van der Waals surface area contributed by atoms with E-state index in [9.17, 15) is 4.79 Å². The van der Waals surface area contributed by atoms with Crippen molar-refractivity contribution in [1.82, 2.24) is 5.43 Å². The molecular weight excluding hydrogens is 242 g/mol. The highest BCUT2D eigenvalue weighted by molar-refractivity contribution is 6.03. The molecule has 5 heteroatoms. The van der Waals surface area contributed by atoms with E-state index >= 15 is 0 Å². The van der Waals surface area contributed by atoms with Gasteiger partial charge >= 0.3 is 6.03 Å². The molecule has 1 aromatic rings. The van der Waals surface area contributed by atoms with E-state index in [2.05, 4.69) is 24.4 Å². The summed E-state index contributed by atoms with van der Waals surface area (Å²) in [5.74, 6) is 0.830. The van der Waals surface area contributed by atoms with Gasteiger partial charge in [0.05, 0.1) is 12.8 Å². The minimum absolute atomic E-state index is 0.0651. The average Bonchev–Trinajstić information content (AvgIpc) is 2.37. The fourth-order valence-corrected chi connectivity index (χ4v) is 2.40. The number of hydrogen-bond acceptors (Lipinski definition) is 3. The van der Waals surface area contributed by atoms with Gasteiger partial charge in [0.1, 0.15) is 5.75 Å². The number of hydrazone groups is 1. The molecule has 0 spiro atoms. The molecule has 0 saturated carbocycles. The first-order valence-corrected chi connectivity index (χ1v) is 6.25. The summed E-state index contributed by atoms with van der Waals surface area (Å²) < 4.78 is 5.28. The van der Waals surface area contributed by atoms with Crippen LogP contribution in [0.4, 0.5) is 4.79 Å². The van der Waals surface area contributed by atoms with E-state index in [0.29, 0.717) is 0 Å². The second-order valence-electron chi connectivity index (χ2n) is 5.33. The van der Waals surface area contributed by atoms with Gasteiger partial charge in [-0.3, -0.25) is 0 Å². The lowest BCUT2D eigenvalue weighted by molar-refractivity contribution is 0.249. The molecule has 2 rings (SSSR count). The van der Waals surface area contributed by atoms with Gasteiger partial charge < -0.3 is 10.5 Å². The van der Waals surface area contributed by atoms with E-state index in [4.69, 9.17) is 10.5 Å². The minimum atomic E-state index is -0.646. The Bertz CT molecular complexity index is 535. The summed E-state index contributed by atoms with van der Waals surface area (Å²) in [7, 11) is 1.65. The van der Waals surface area contributed by atoms with Crippen LogP contribution in [-0.4, -0.2) is 18.9 Å². The van der Waals surface area contributed by atoms with E-state index in [-0.39, 0.29) is 5.41 Å². The van der Waals surface area contributed by atoms with Crippen LogP contribution in [0.3, 0.4) is 0 Å². The van der Waals surface area contributed by atoms with Crippen molar-refractivity contribution < 1.29 is 9.53 Å². The highest BCUT2D eigenvalue weighted by Crippen LogP contribution is 2.38. The predicted molar refractivity (Wildman–Crippen MR) is 74.5 cm³/mol. The van der Waals surface area contributed by atoms with Gasteiger partial charge in [0.25, 0.3) is 0 Å². The van der Waals surface area contributed by atoms with E-state index in [0.717, 1.165) is 29.9 Å². The third-order valence-electron chi connectivity index (χ3n) is 3.55. The number of hydrogen-bond donors (Lipinski definition) is 2. The quantitative estimate of drug-likeness (QED) is 0.800. The molecule has 3 N–H and O–H groups in total. The van der Waals surface area contributed by atoms with Crippen molar-refractivity contribution >= 4 is 11.7 Å². The first kappa shape index (κ1) is 13.4. The van der Waals surface area contributed by atoms with Crippen LogP contribution < -0.4 is 15.9 Å². The number of primary amides is 1. The molecule has 5 nitrogen and oxygen atoms in total. The maximum Gasteiger partial charge on any atom is 0.332 e. The predicted octanol–water partition coefficient (Wildman–Crippen LogP) is 2.14. The molecule has 1 aliphatic carbocycles. The number of methoxy groups -OCH3 is 1. The maximum absolute atomic E-state index is 10.8. The molecule has 19 heavy (non-hydrogen) atoms. The minimum Gasteiger partial charge on any atom is -0.497 e. The number of nitrogens with zero attached hydrogens (tertiary/aromatic N) is 1. The van der Waals surface area contributed by atoms with Crippen LogP contribution >= 0.6 is 0 Å². The summed E-state index contributed by atoms with van der Waals surface area (Å²) in [4.78, 5) is 10.8. The van der Waals surface area contributed by atoms with Crippen LogP contribution in [0, 0.1) is 0 Å². The van der Waals surface area contributed by atoms with Gasteiger partial charge in [-0.2, -0.15) is 5.10 Å². The summed E-state index contributed by atoms with van der Waals surface area (Å²) in [5, 5.41) is 4.10. The molecule has 2 amide bonds. The summed E-state index contributed by atoms with van der Waals surface area (Å²) in [6.07, 6.45) is 1.78. The van der Waals surface area contributed by atoms with Gasteiger partial charge in [-0.05, 0) is 42.0 Å². The van der Waals surface area contributed by atoms with Gasteiger partial charge in [-0.15, -0.1) is 0 Å². The molecule has 0 saturated heterocycles. The number of fused-ring (bicyclic) bond motifs is 1. The summed E-state index contributed by atoms with van der Waals surface area (Å²) in [5.41, 5.74) is 10.5. The standard InChI is InChI=1S/C14H19N3O2/c1-14(2)7-6-12(16-17-13(15)18)10-5-4-9(19-3)8-11(10)14/h4-5,8H,6-7H2,1-3H3,(H3,15,17,18). The van der Waals surface area contributed by atoms with Gasteiger partial charge in [0.2, 0.25) is 0 Å². The third-order valence-corrected chi connectivity index (χ3v) is 3.55. The molecule has 0 fully saturated rings. The zero-order valence-corrected chi connectivity index (χ0v) is 11.5. The second kappa shape index (κ2) is 4.91. The Hall–Kier alpha value is -2.04. The summed E-state index contributed by atoms with van der Waals surface area (Å²) in [6, 6.07) is 5.28. The number of nitrogens with two attached hydrogens (primary N) is 1. The number of benzene rings is 1. The fraction of sp³-hybridized carbons (Fsp3) is 0.429. The molecule has 0 bridgehead atoms. The van der Waals surface area contributed by atoms with E-state index in [1.54, 1.807) is 7.11 Å². The SMILES string of the molecule is COc1ccc2c(c1)C(C)(C)CCC2=NNC(N)=O. The Morgan fingerprint density at radius 3 is 2.84 bits per heavy atom. The summed E-state index contributed by atoms with van der Waals surface area (Å²) in [6.45, 7) is 4.40. The van der Waals surface area contributed by atoms with E-state index in [1.165, 1.54) is 5.56 Å². The molecule has 0 atom stereocenters. The van der Waals surface area contributed by atoms with Crippen molar-refractivity contribution in [3.63, 3.8) is 0 Å². The lowest BCUT2D eigenvalue weighted by atomic mass is 9.72. The smallest absolute Gasteiger partial charge is 0.332 e. The van der Waals surface area contributed by atoms with Crippen molar-refractivity contribution in [2.24, 2.45) is 10.8 Å². The lowest BCUT2D eigenvalue weighted by Crippen LogP contribution is -2.31. The molecule has 0 radical (unpaired) electrons. The van der Waals surface area contributed by atoms with Gasteiger partial charge in [0.15, 0.2) is 0 Å². The number of nitrogens with one attached hydrogen (secondary N) is 1. The molecule has 0 aliphatic heterocycles. The molecule has 0 aromatic heterocycles. The Balaban J connectivity index is 2.46. The number of ether oxygens (including phenoxy) is 1. The molecule has 102 valence electrons. The monoisotopic (exact) mass is 261 g/mol. The second-order valence-corrected chi connectivity index (χ2v) is 5.33. The third kappa shape index (κ3) is 2.70. The fourth-order valence-electron chi connectivity index (χ4n) is 2.40. The van der Waals surface area contributed by atoms with Gasteiger partial charge in [-0.25, -0.2) is 10.2 Å². The Labute approximate surface area is 112 Å². The molecular formula is C14H19N3O2. The average molecular weight is 261 g/mol. The Kier molecular flexibility index (Phi) is 3.46. The zero-order chi connectivity index (χ0) is 14.0.